The number of aryl methyl sites for hydroxylation is 1. The molecule has 2 N–H and O–H groups in total. The number of rotatable bonds is 19. The van der Waals surface area contributed by atoms with Gasteiger partial charge in [0, 0.05) is 32.5 Å². The molecule has 0 atom stereocenters. The van der Waals surface area contributed by atoms with E-state index in [0.29, 0.717) is 36.5 Å². The molecular formula is C35H43NO8. The lowest BCUT2D eigenvalue weighted by Gasteiger charge is -2.16. The number of hydrogen-bond donors (Lipinski definition) is 2. The average Bonchev–Trinajstić information content (AvgIpc) is 3.01. The molecule has 44 heavy (non-hydrogen) atoms. The van der Waals surface area contributed by atoms with Crippen molar-refractivity contribution in [2.75, 3.05) is 34.4 Å². The first kappa shape index (κ1) is 34.0. The lowest BCUT2D eigenvalue weighted by atomic mass is 9.97. The first-order valence-electron chi connectivity index (χ1n) is 15.0. The van der Waals surface area contributed by atoms with E-state index in [0.717, 1.165) is 60.1 Å². The Bertz CT molecular complexity index is 1400. The SMILES string of the molecule is COc1cccc(-c2cc(OCCCCCCc3cccc(OCCCC(=O)O)c3CCC(=O)O)cc(C(=O)N(C)C)c2)c1. The molecule has 0 radical (unpaired) electrons. The Morgan fingerprint density at radius 3 is 2.14 bits per heavy atom. The number of carbonyl (C=O) groups is 3. The standard InChI is InChI=1S/C35H43NO8/c1-36(2)35(41)28-21-27(26-13-8-14-29(22-26)42-3)23-30(24-28)43-19-7-5-4-6-11-25-12-9-15-32(31(25)17-18-34(39)40)44-20-10-16-33(37)38/h8-9,12-15,21-24H,4-7,10-11,16-20H2,1-3H3,(H,37,38)(H,39,40). The molecule has 0 saturated carbocycles. The van der Waals surface area contributed by atoms with Crippen LogP contribution in [0, 0.1) is 0 Å². The number of benzene rings is 3. The first-order valence-corrected chi connectivity index (χ1v) is 15.0. The van der Waals surface area contributed by atoms with Crippen molar-refractivity contribution >= 4 is 17.8 Å². The molecule has 0 aliphatic carbocycles. The van der Waals surface area contributed by atoms with Gasteiger partial charge in [-0.05, 0) is 90.8 Å². The van der Waals surface area contributed by atoms with Gasteiger partial charge >= 0.3 is 11.9 Å². The van der Waals surface area contributed by atoms with Crippen molar-refractivity contribution in [3.05, 3.63) is 77.4 Å². The number of carbonyl (C=O) groups excluding carboxylic acids is 1. The predicted octanol–water partition coefficient (Wildman–Crippen LogP) is 6.51. The molecule has 3 rings (SSSR count). The number of aliphatic carboxylic acids is 2. The van der Waals surface area contributed by atoms with Gasteiger partial charge in [0.05, 0.1) is 20.3 Å². The van der Waals surface area contributed by atoms with Gasteiger partial charge in [0.2, 0.25) is 0 Å². The van der Waals surface area contributed by atoms with E-state index in [-0.39, 0.29) is 25.4 Å². The summed E-state index contributed by atoms with van der Waals surface area (Å²) in [5.41, 5.74) is 4.30. The maximum atomic E-state index is 12.8. The van der Waals surface area contributed by atoms with Crippen molar-refractivity contribution in [1.82, 2.24) is 4.90 Å². The summed E-state index contributed by atoms with van der Waals surface area (Å²) in [7, 11) is 5.07. The Hall–Kier alpha value is -4.53. The van der Waals surface area contributed by atoms with Crippen LogP contribution in [0.3, 0.4) is 0 Å². The fraction of sp³-hybridized carbons (Fsp3) is 0.400. The summed E-state index contributed by atoms with van der Waals surface area (Å²) in [4.78, 5) is 36.4. The lowest BCUT2D eigenvalue weighted by molar-refractivity contribution is -0.138. The van der Waals surface area contributed by atoms with E-state index in [2.05, 4.69) is 0 Å². The Morgan fingerprint density at radius 1 is 0.705 bits per heavy atom. The van der Waals surface area contributed by atoms with Crippen molar-refractivity contribution in [1.29, 1.82) is 0 Å². The minimum Gasteiger partial charge on any atom is -0.497 e. The van der Waals surface area contributed by atoms with E-state index in [1.807, 2.05) is 54.6 Å². The van der Waals surface area contributed by atoms with E-state index in [1.165, 1.54) is 0 Å². The van der Waals surface area contributed by atoms with Crippen LogP contribution in [-0.4, -0.2) is 67.4 Å². The van der Waals surface area contributed by atoms with Gasteiger partial charge in [0.25, 0.3) is 5.91 Å². The number of methoxy groups -OCH3 is 1. The van der Waals surface area contributed by atoms with Gasteiger partial charge in [-0.25, -0.2) is 0 Å². The van der Waals surface area contributed by atoms with Crippen LogP contribution in [0.15, 0.2) is 60.7 Å². The smallest absolute Gasteiger partial charge is 0.303 e. The van der Waals surface area contributed by atoms with Crippen LogP contribution in [0.1, 0.15) is 66.4 Å². The van der Waals surface area contributed by atoms with Gasteiger partial charge in [-0.2, -0.15) is 0 Å². The minimum atomic E-state index is -0.871. The summed E-state index contributed by atoms with van der Waals surface area (Å²) in [6.45, 7) is 0.782. The summed E-state index contributed by atoms with van der Waals surface area (Å²) in [6, 6.07) is 19.0. The third-order valence-corrected chi connectivity index (χ3v) is 7.18. The molecule has 3 aromatic carbocycles. The molecule has 0 aliphatic heterocycles. The van der Waals surface area contributed by atoms with Crippen molar-refractivity contribution in [3.8, 4) is 28.4 Å². The lowest BCUT2D eigenvalue weighted by Crippen LogP contribution is -2.21. The van der Waals surface area contributed by atoms with Crippen molar-refractivity contribution < 1.29 is 38.8 Å². The minimum absolute atomic E-state index is 0.000704. The molecule has 0 spiro atoms. The number of hydrogen-bond acceptors (Lipinski definition) is 6. The quantitative estimate of drug-likeness (QED) is 0.148. The molecule has 9 heteroatoms. The Kier molecular flexibility index (Phi) is 13.6. The molecule has 3 aromatic rings. The van der Waals surface area contributed by atoms with Crippen LogP contribution < -0.4 is 14.2 Å². The fourth-order valence-electron chi connectivity index (χ4n) is 4.90. The van der Waals surface area contributed by atoms with E-state index in [1.54, 1.807) is 32.2 Å². The topological polar surface area (TPSA) is 123 Å². The maximum absolute atomic E-state index is 12.8. The highest BCUT2D eigenvalue weighted by Gasteiger charge is 2.14. The van der Waals surface area contributed by atoms with E-state index < -0.39 is 11.9 Å². The number of unbranched alkanes of at least 4 members (excludes halogenated alkanes) is 3. The van der Waals surface area contributed by atoms with Crippen LogP contribution in [0.2, 0.25) is 0 Å². The zero-order valence-electron chi connectivity index (χ0n) is 25.8. The normalized spacial score (nSPS) is 10.7. The van der Waals surface area contributed by atoms with Gasteiger partial charge in [0.15, 0.2) is 0 Å². The van der Waals surface area contributed by atoms with Crippen LogP contribution in [0.5, 0.6) is 17.2 Å². The van der Waals surface area contributed by atoms with Crippen LogP contribution in [0.25, 0.3) is 11.1 Å². The Balaban J connectivity index is 1.55. The van der Waals surface area contributed by atoms with Gasteiger partial charge in [-0.1, -0.05) is 37.1 Å². The molecule has 0 aromatic heterocycles. The average molecular weight is 606 g/mol. The largest absolute Gasteiger partial charge is 0.497 e. The van der Waals surface area contributed by atoms with Crippen LogP contribution in [-0.2, 0) is 22.4 Å². The third-order valence-electron chi connectivity index (χ3n) is 7.18. The third kappa shape index (κ3) is 10.9. The van der Waals surface area contributed by atoms with Crippen molar-refractivity contribution in [2.45, 2.75) is 57.8 Å². The van der Waals surface area contributed by atoms with E-state index in [9.17, 15) is 19.5 Å². The molecule has 0 heterocycles. The van der Waals surface area contributed by atoms with E-state index in [4.69, 9.17) is 19.3 Å². The number of carboxylic acids is 2. The van der Waals surface area contributed by atoms with Crippen molar-refractivity contribution in [3.63, 3.8) is 0 Å². The summed E-state index contributed by atoms with van der Waals surface area (Å²) in [6.07, 6.45) is 5.26. The van der Waals surface area contributed by atoms with Crippen molar-refractivity contribution in [2.24, 2.45) is 0 Å². The molecule has 9 nitrogen and oxygen atoms in total. The summed E-state index contributed by atoms with van der Waals surface area (Å²) >= 11 is 0. The predicted molar refractivity (Wildman–Crippen MR) is 169 cm³/mol. The van der Waals surface area contributed by atoms with Gasteiger partial charge in [-0.3, -0.25) is 14.4 Å². The summed E-state index contributed by atoms with van der Waals surface area (Å²) in [5.74, 6) is 0.161. The molecule has 1 amide bonds. The number of ether oxygens (including phenoxy) is 3. The van der Waals surface area contributed by atoms with Crippen LogP contribution >= 0.6 is 0 Å². The molecule has 0 bridgehead atoms. The second-order valence-electron chi connectivity index (χ2n) is 10.8. The second kappa shape index (κ2) is 17.6. The highest BCUT2D eigenvalue weighted by Crippen LogP contribution is 2.30. The zero-order chi connectivity index (χ0) is 31.9. The molecule has 0 saturated heterocycles. The second-order valence-corrected chi connectivity index (χ2v) is 10.8. The van der Waals surface area contributed by atoms with Crippen LogP contribution in [0.4, 0.5) is 0 Å². The number of carboxylic acid groups (broad SMARTS) is 2. The number of nitrogens with zero attached hydrogens (tertiary/aromatic N) is 1. The Morgan fingerprint density at radius 2 is 1.41 bits per heavy atom. The molecule has 236 valence electrons. The fourth-order valence-corrected chi connectivity index (χ4v) is 4.90. The molecule has 0 unspecified atom stereocenters. The zero-order valence-corrected chi connectivity index (χ0v) is 25.8. The molecular weight excluding hydrogens is 562 g/mol. The Labute approximate surface area is 259 Å². The molecule has 0 aliphatic rings. The van der Waals surface area contributed by atoms with Gasteiger partial charge in [0.1, 0.15) is 17.2 Å². The van der Waals surface area contributed by atoms with Gasteiger partial charge < -0.3 is 29.3 Å². The maximum Gasteiger partial charge on any atom is 0.303 e. The number of amides is 1. The monoisotopic (exact) mass is 605 g/mol. The summed E-state index contributed by atoms with van der Waals surface area (Å²) < 4.78 is 17.3. The highest BCUT2D eigenvalue weighted by atomic mass is 16.5. The highest BCUT2D eigenvalue weighted by molar-refractivity contribution is 5.95. The molecule has 0 fully saturated rings. The first-order chi connectivity index (χ1) is 21.2. The summed E-state index contributed by atoms with van der Waals surface area (Å²) in [5, 5.41) is 18.1. The van der Waals surface area contributed by atoms with E-state index >= 15 is 0 Å². The van der Waals surface area contributed by atoms with Gasteiger partial charge in [-0.15, -0.1) is 0 Å².